The Labute approximate surface area is 629 Å². The molecule has 7 amide bonds. The SMILES string of the molecule is COc1cc2c(cc1OCCCOc1cc3c(cc1C)C(=O)N1C=C(c4ccc(NC(=O)[C@H](C)CC(=O)[C@@H](NC(=O)OCCOCCOCCOCCOCCOCCOCCOCCNC(=O)CCN5C(=O)C=CC5=O)C(C)C)cc4)C[C@H]1C=N3)N=C[C@@H]1CC(c3ccc(N4CCN(C)CC4)cc3)=CN1C2=O. The predicted molar refractivity (Wildman–Crippen MR) is 404 cm³/mol. The predicted octanol–water partition coefficient (Wildman–Crippen LogP) is 7.38. The molecular weight excluding hydrogens is 1390 g/mol. The summed E-state index contributed by atoms with van der Waals surface area (Å²) in [5.74, 6) is -1.63. The fourth-order valence-electron chi connectivity index (χ4n) is 12.7. The number of hydrogen-bond acceptors (Lipinski definition) is 23. The zero-order valence-electron chi connectivity index (χ0n) is 62.5. The lowest BCUT2D eigenvalue weighted by atomic mass is 9.93. The lowest BCUT2D eigenvalue weighted by Crippen LogP contribution is -2.45. The molecule has 580 valence electrons. The van der Waals surface area contributed by atoms with Gasteiger partial charge in [0.05, 0.1) is 153 Å². The van der Waals surface area contributed by atoms with E-state index < -0.39 is 29.9 Å². The second-order valence-electron chi connectivity index (χ2n) is 27.1. The van der Waals surface area contributed by atoms with Gasteiger partial charge in [0.2, 0.25) is 11.8 Å². The highest BCUT2D eigenvalue weighted by Crippen LogP contribution is 2.41. The molecule has 6 aliphatic rings. The van der Waals surface area contributed by atoms with Crippen molar-refractivity contribution in [2.75, 3.05) is 176 Å². The first-order chi connectivity index (χ1) is 52.4. The Hall–Kier alpha value is -9.72. The minimum atomic E-state index is -0.886. The van der Waals surface area contributed by atoms with Gasteiger partial charge in [-0.2, -0.15) is 0 Å². The number of benzene rings is 4. The molecule has 4 atom stereocenters. The zero-order chi connectivity index (χ0) is 76.3. The second-order valence-corrected chi connectivity index (χ2v) is 27.1. The molecule has 0 spiro atoms. The monoisotopic (exact) mass is 1490 g/mol. The number of imide groups is 1. The highest BCUT2D eigenvalue weighted by Gasteiger charge is 2.36. The maximum atomic E-state index is 14.2. The molecule has 1 saturated heterocycles. The fraction of sp³-hybridized carbons (Fsp3) is 0.494. The molecule has 1 fully saturated rings. The third-order valence-corrected chi connectivity index (χ3v) is 18.8. The van der Waals surface area contributed by atoms with Crippen LogP contribution in [0.2, 0.25) is 0 Å². The van der Waals surface area contributed by atoms with Crippen LogP contribution in [0.3, 0.4) is 0 Å². The van der Waals surface area contributed by atoms with E-state index in [0.717, 1.165) is 58.9 Å². The van der Waals surface area contributed by atoms with Crippen molar-refractivity contribution in [1.29, 1.82) is 0 Å². The minimum Gasteiger partial charge on any atom is -0.493 e. The number of rotatable bonds is 44. The number of anilines is 2. The number of aliphatic imine (C=N–C) groups is 2. The number of nitrogens with one attached hydrogen (secondary N) is 3. The highest BCUT2D eigenvalue weighted by atomic mass is 16.6. The molecule has 10 rings (SSSR count). The summed E-state index contributed by atoms with van der Waals surface area (Å²) < 4.78 is 61.9. The number of ether oxygens (including phenoxy) is 11. The number of amides is 7. The number of likely N-dealkylation sites (N-methyl/N-ethyl adjacent to an activating group) is 1. The van der Waals surface area contributed by atoms with Crippen molar-refractivity contribution in [1.82, 2.24) is 30.2 Å². The Morgan fingerprint density at radius 1 is 0.574 bits per heavy atom. The Kier molecular flexibility index (Phi) is 30.7. The van der Waals surface area contributed by atoms with Crippen molar-refractivity contribution in [3.8, 4) is 17.2 Å². The van der Waals surface area contributed by atoms with Crippen LogP contribution >= 0.6 is 0 Å². The molecule has 0 aromatic heterocycles. The standard InChI is InChI=1S/C79H100N10O19/c1-53(2)75(84-79(97)108-41-40-105-39-38-104-37-36-103-35-34-102-33-32-101-31-30-100-29-28-99-27-19-80-72(91)18-20-87-73(92)16-17-74(87)93)68(90)43-55(4)76(94)83-60-12-8-56(9-13-60)58-44-62-49-81-66-47-69(54(3)42-64(66)77(95)88(62)51-58)106-25-7-26-107-71-48-67-65(46-70(71)98-6)78(96)89-52-59(45-63(89)50-82-67)57-10-14-61(15-11-57)86-23-21-85(5)22-24-86/h8-17,42,46-53,55,62-63,75H,7,18-41,43-45H2,1-6H3,(H,80,91)(H,83,94)(H,84,97)/t55-,62+,63+,75+/m1/s1. The molecule has 0 aliphatic carbocycles. The molecule has 0 radical (unpaired) electrons. The van der Waals surface area contributed by atoms with Gasteiger partial charge in [-0.25, -0.2) is 4.79 Å². The normalized spacial score (nSPS) is 17.2. The Bertz CT molecular complexity index is 3910. The number of alkyl carbamates (subject to hydrolysis) is 1. The number of ketones is 1. The van der Waals surface area contributed by atoms with Crippen LogP contribution in [0.25, 0.3) is 11.1 Å². The molecular formula is C79H100N10O19. The van der Waals surface area contributed by atoms with Crippen LogP contribution in [0.4, 0.5) is 27.5 Å². The van der Waals surface area contributed by atoms with Crippen LogP contribution in [-0.2, 0) is 61.9 Å². The van der Waals surface area contributed by atoms with Crippen molar-refractivity contribution < 1.29 is 90.5 Å². The van der Waals surface area contributed by atoms with Crippen LogP contribution in [0.1, 0.15) is 90.3 Å². The number of piperazine rings is 1. The number of Topliss-reactive ketones (excluding diaryl/α,β-unsaturated/α-hetero) is 1. The summed E-state index contributed by atoms with van der Waals surface area (Å²) in [6.45, 7) is 16.9. The van der Waals surface area contributed by atoms with Gasteiger partial charge in [0.25, 0.3) is 23.6 Å². The number of carbonyl (C=O) groups is 8. The van der Waals surface area contributed by atoms with E-state index in [1.807, 2.05) is 37.7 Å². The topological polar surface area (TPSA) is 315 Å². The quantitative estimate of drug-likeness (QED) is 0.0287. The lowest BCUT2D eigenvalue weighted by molar-refractivity contribution is -0.137. The van der Waals surface area contributed by atoms with Gasteiger partial charge in [-0.1, -0.05) is 45.0 Å². The van der Waals surface area contributed by atoms with E-state index >= 15 is 0 Å². The van der Waals surface area contributed by atoms with Crippen LogP contribution in [0.5, 0.6) is 17.2 Å². The van der Waals surface area contributed by atoms with E-state index in [2.05, 4.69) is 57.1 Å². The van der Waals surface area contributed by atoms with Gasteiger partial charge in [-0.05, 0) is 84.1 Å². The molecule has 4 aromatic rings. The molecule has 3 N–H and O–H groups in total. The van der Waals surface area contributed by atoms with Crippen LogP contribution in [0.15, 0.2) is 107 Å². The first-order valence-electron chi connectivity index (χ1n) is 36.9. The minimum absolute atomic E-state index is 0.0262. The first-order valence-corrected chi connectivity index (χ1v) is 36.9. The van der Waals surface area contributed by atoms with E-state index in [-0.39, 0.29) is 86.6 Å². The molecule has 108 heavy (non-hydrogen) atoms. The Morgan fingerprint density at radius 2 is 1.06 bits per heavy atom. The van der Waals surface area contributed by atoms with Crippen LogP contribution < -0.4 is 35.1 Å². The van der Waals surface area contributed by atoms with E-state index in [9.17, 15) is 38.4 Å². The van der Waals surface area contributed by atoms with Crippen molar-refractivity contribution >= 4 is 93.6 Å². The zero-order valence-corrected chi connectivity index (χ0v) is 62.5. The third kappa shape index (κ3) is 23.2. The third-order valence-electron chi connectivity index (χ3n) is 18.8. The van der Waals surface area contributed by atoms with E-state index in [1.165, 1.54) is 17.8 Å². The largest absolute Gasteiger partial charge is 0.493 e. The molecule has 0 unspecified atom stereocenters. The summed E-state index contributed by atoms with van der Waals surface area (Å²) in [6, 6.07) is 21.6. The van der Waals surface area contributed by atoms with E-state index in [0.29, 0.717) is 164 Å². The maximum absolute atomic E-state index is 14.2. The van der Waals surface area contributed by atoms with Crippen molar-refractivity contribution in [3.63, 3.8) is 0 Å². The molecule has 29 heteroatoms. The highest BCUT2D eigenvalue weighted by molar-refractivity contribution is 6.13. The first kappa shape index (κ1) is 80.8. The smallest absolute Gasteiger partial charge is 0.407 e. The molecule has 0 saturated carbocycles. The molecule has 0 bridgehead atoms. The second kappa shape index (κ2) is 41.0. The van der Waals surface area contributed by atoms with Gasteiger partial charge < -0.3 is 87.7 Å². The van der Waals surface area contributed by atoms with Crippen LogP contribution in [-0.4, -0.2) is 263 Å². The summed E-state index contributed by atoms with van der Waals surface area (Å²) in [5, 5.41) is 8.23. The van der Waals surface area contributed by atoms with Gasteiger partial charge in [0.1, 0.15) is 12.4 Å². The van der Waals surface area contributed by atoms with Crippen LogP contribution in [0, 0.1) is 18.8 Å². The summed E-state index contributed by atoms with van der Waals surface area (Å²) >= 11 is 0. The summed E-state index contributed by atoms with van der Waals surface area (Å²) in [7, 11) is 3.70. The fourth-order valence-corrected chi connectivity index (χ4v) is 12.7. The maximum Gasteiger partial charge on any atom is 0.407 e. The molecule has 4 aromatic carbocycles. The Balaban J connectivity index is 0.546. The van der Waals surface area contributed by atoms with E-state index in [1.54, 1.807) is 80.3 Å². The van der Waals surface area contributed by atoms with Crippen molar-refractivity contribution in [2.45, 2.75) is 77.9 Å². The van der Waals surface area contributed by atoms with Gasteiger partial charge in [-0.3, -0.25) is 48.4 Å². The van der Waals surface area contributed by atoms with Gasteiger partial charge in [0, 0.05) is 138 Å². The molecule has 6 heterocycles. The Morgan fingerprint density at radius 3 is 1.59 bits per heavy atom. The number of methoxy groups -OCH3 is 1. The summed E-state index contributed by atoms with van der Waals surface area (Å²) in [5.41, 5.74) is 8.38. The van der Waals surface area contributed by atoms with Gasteiger partial charge in [-0.15, -0.1) is 0 Å². The van der Waals surface area contributed by atoms with Crippen molar-refractivity contribution in [2.24, 2.45) is 21.8 Å². The number of carbonyl (C=O) groups excluding carboxylic acids is 8. The van der Waals surface area contributed by atoms with Gasteiger partial charge in [0.15, 0.2) is 17.3 Å². The lowest BCUT2D eigenvalue weighted by Gasteiger charge is -2.34. The number of hydrogen-bond donors (Lipinski definition) is 3. The molecule has 29 nitrogen and oxygen atoms in total. The van der Waals surface area contributed by atoms with Gasteiger partial charge >= 0.3 is 6.09 Å². The molecule has 6 aliphatic heterocycles. The summed E-state index contributed by atoms with van der Waals surface area (Å²) in [4.78, 5) is 122. The number of nitrogens with zero attached hydrogens (tertiary/aromatic N) is 7. The average Bonchev–Trinajstić information content (AvgIpc) is 1.63. The van der Waals surface area contributed by atoms with Crippen molar-refractivity contribution in [3.05, 3.63) is 125 Å². The van der Waals surface area contributed by atoms with E-state index in [4.69, 9.17) is 62.1 Å². The number of aryl methyl sites for hydroxylation is 1. The average molecular weight is 1490 g/mol. The number of fused-ring (bicyclic) bond motifs is 4. The summed E-state index contributed by atoms with van der Waals surface area (Å²) in [6.07, 6.45) is 10.6.